The second kappa shape index (κ2) is 5.17. The SMILES string of the molecule is Cl.Clc1ccsc1[C@@H]1COCCN1. The molecule has 0 bridgehead atoms. The van der Waals surface area contributed by atoms with E-state index in [0.717, 1.165) is 24.8 Å². The first-order chi connectivity index (χ1) is 5.88. The van der Waals surface area contributed by atoms with Crippen molar-refractivity contribution in [1.29, 1.82) is 0 Å². The first kappa shape index (κ1) is 11.3. The Morgan fingerprint density at radius 1 is 1.62 bits per heavy atom. The van der Waals surface area contributed by atoms with Gasteiger partial charge in [0.2, 0.25) is 0 Å². The summed E-state index contributed by atoms with van der Waals surface area (Å²) in [5.41, 5.74) is 0. The molecule has 0 radical (unpaired) electrons. The maximum atomic E-state index is 5.99. The lowest BCUT2D eigenvalue weighted by atomic mass is 10.2. The smallest absolute Gasteiger partial charge is 0.0670 e. The van der Waals surface area contributed by atoms with Crippen LogP contribution in [0.2, 0.25) is 5.02 Å². The fourth-order valence-electron chi connectivity index (χ4n) is 1.29. The van der Waals surface area contributed by atoms with E-state index in [1.54, 1.807) is 11.3 Å². The summed E-state index contributed by atoms with van der Waals surface area (Å²) in [5.74, 6) is 0. The molecule has 2 heterocycles. The Kier molecular flexibility index (Phi) is 4.49. The zero-order valence-corrected chi connectivity index (χ0v) is 9.35. The Morgan fingerprint density at radius 3 is 3.00 bits per heavy atom. The van der Waals surface area contributed by atoms with Crippen molar-refractivity contribution < 1.29 is 4.74 Å². The molecule has 1 atom stereocenters. The number of hydrogen-bond acceptors (Lipinski definition) is 3. The molecule has 1 aliphatic rings. The van der Waals surface area contributed by atoms with Gasteiger partial charge in [0.05, 0.1) is 24.3 Å². The van der Waals surface area contributed by atoms with Gasteiger partial charge in [-0.1, -0.05) is 11.6 Å². The van der Waals surface area contributed by atoms with E-state index in [9.17, 15) is 0 Å². The molecule has 1 N–H and O–H groups in total. The normalized spacial score (nSPS) is 22.4. The predicted molar refractivity (Wildman–Crippen MR) is 58.1 cm³/mol. The lowest BCUT2D eigenvalue weighted by molar-refractivity contribution is 0.0779. The fraction of sp³-hybridized carbons (Fsp3) is 0.500. The van der Waals surface area contributed by atoms with Gasteiger partial charge in [-0.2, -0.15) is 0 Å². The van der Waals surface area contributed by atoms with Gasteiger partial charge in [0.1, 0.15) is 0 Å². The van der Waals surface area contributed by atoms with Crippen LogP contribution >= 0.6 is 35.3 Å². The highest BCUT2D eigenvalue weighted by molar-refractivity contribution is 7.10. The lowest BCUT2D eigenvalue weighted by Crippen LogP contribution is -2.34. The van der Waals surface area contributed by atoms with Gasteiger partial charge in [-0.15, -0.1) is 23.7 Å². The number of ether oxygens (including phenoxy) is 1. The van der Waals surface area contributed by atoms with Gasteiger partial charge < -0.3 is 10.1 Å². The highest BCUT2D eigenvalue weighted by atomic mass is 35.5. The minimum atomic E-state index is 0. The van der Waals surface area contributed by atoms with Crippen molar-refractivity contribution in [2.24, 2.45) is 0 Å². The number of halogens is 2. The van der Waals surface area contributed by atoms with Gasteiger partial charge in [-0.3, -0.25) is 0 Å². The van der Waals surface area contributed by atoms with Crippen molar-refractivity contribution in [2.75, 3.05) is 19.8 Å². The Morgan fingerprint density at radius 2 is 2.46 bits per heavy atom. The largest absolute Gasteiger partial charge is 0.378 e. The van der Waals surface area contributed by atoms with Crippen LogP contribution in [-0.4, -0.2) is 19.8 Å². The van der Waals surface area contributed by atoms with Gasteiger partial charge in [0, 0.05) is 11.4 Å². The van der Waals surface area contributed by atoms with E-state index in [4.69, 9.17) is 16.3 Å². The number of hydrogen-bond donors (Lipinski definition) is 1. The molecule has 1 fully saturated rings. The second-order valence-electron chi connectivity index (χ2n) is 2.71. The summed E-state index contributed by atoms with van der Waals surface area (Å²) in [5, 5.41) is 6.22. The van der Waals surface area contributed by atoms with Crippen molar-refractivity contribution in [3.05, 3.63) is 21.3 Å². The Labute approximate surface area is 92.6 Å². The molecular formula is C8H11Cl2NOS. The third-order valence-electron chi connectivity index (χ3n) is 1.88. The van der Waals surface area contributed by atoms with E-state index in [2.05, 4.69) is 5.32 Å². The topological polar surface area (TPSA) is 21.3 Å². The third-order valence-corrected chi connectivity index (χ3v) is 3.36. The quantitative estimate of drug-likeness (QED) is 0.814. The molecule has 74 valence electrons. The van der Waals surface area contributed by atoms with Crippen LogP contribution in [0.15, 0.2) is 11.4 Å². The standard InChI is InChI=1S/C8H10ClNOS.ClH/c9-6-1-4-12-8(6)7-5-11-3-2-10-7;/h1,4,7,10H,2-3,5H2;1H/t7-;/m0./s1. The van der Waals surface area contributed by atoms with E-state index in [1.165, 1.54) is 4.88 Å². The van der Waals surface area contributed by atoms with Crippen LogP contribution in [0, 0.1) is 0 Å². The molecular weight excluding hydrogens is 229 g/mol. The highest BCUT2D eigenvalue weighted by Gasteiger charge is 2.18. The second-order valence-corrected chi connectivity index (χ2v) is 4.07. The molecule has 0 saturated carbocycles. The first-order valence-electron chi connectivity index (χ1n) is 3.92. The minimum Gasteiger partial charge on any atom is -0.378 e. The maximum Gasteiger partial charge on any atom is 0.0670 e. The van der Waals surface area contributed by atoms with Crippen molar-refractivity contribution in [3.8, 4) is 0 Å². The molecule has 1 aromatic rings. The van der Waals surface area contributed by atoms with Crippen molar-refractivity contribution >= 4 is 35.3 Å². The number of morpholine rings is 1. The summed E-state index contributed by atoms with van der Waals surface area (Å²) in [7, 11) is 0. The fourth-order valence-corrected chi connectivity index (χ4v) is 2.54. The summed E-state index contributed by atoms with van der Waals surface area (Å²) in [6.07, 6.45) is 0. The Bertz CT molecular complexity index is 260. The van der Waals surface area contributed by atoms with E-state index in [-0.39, 0.29) is 12.4 Å². The molecule has 2 nitrogen and oxygen atoms in total. The van der Waals surface area contributed by atoms with Crippen LogP contribution in [0.4, 0.5) is 0 Å². The molecule has 5 heteroatoms. The van der Waals surface area contributed by atoms with Gasteiger partial charge in [-0.05, 0) is 11.4 Å². The summed E-state index contributed by atoms with van der Waals surface area (Å²) in [6, 6.07) is 2.23. The predicted octanol–water partition coefficient (Wildman–Crippen LogP) is 2.48. The molecule has 13 heavy (non-hydrogen) atoms. The number of nitrogens with one attached hydrogen (secondary N) is 1. The van der Waals surface area contributed by atoms with Crippen LogP contribution in [-0.2, 0) is 4.74 Å². The van der Waals surface area contributed by atoms with Gasteiger partial charge >= 0.3 is 0 Å². The number of thiophene rings is 1. The van der Waals surface area contributed by atoms with Crippen LogP contribution in [0.3, 0.4) is 0 Å². The van der Waals surface area contributed by atoms with Gasteiger partial charge in [0.25, 0.3) is 0 Å². The monoisotopic (exact) mass is 239 g/mol. The highest BCUT2D eigenvalue weighted by Crippen LogP contribution is 2.29. The molecule has 0 spiro atoms. The first-order valence-corrected chi connectivity index (χ1v) is 5.17. The summed E-state index contributed by atoms with van der Waals surface area (Å²) in [4.78, 5) is 1.19. The van der Waals surface area contributed by atoms with Crippen LogP contribution < -0.4 is 5.32 Å². The average Bonchev–Trinajstić information content (AvgIpc) is 2.53. The van der Waals surface area contributed by atoms with Crippen LogP contribution in [0.1, 0.15) is 10.9 Å². The Hall–Kier alpha value is 0.200. The molecule has 1 aliphatic heterocycles. The zero-order valence-electron chi connectivity index (χ0n) is 6.96. The molecule has 0 amide bonds. The lowest BCUT2D eigenvalue weighted by Gasteiger charge is -2.22. The Balaban J connectivity index is 0.000000845. The third kappa shape index (κ3) is 2.58. The van der Waals surface area contributed by atoms with Gasteiger partial charge in [-0.25, -0.2) is 0 Å². The van der Waals surface area contributed by atoms with E-state index in [1.807, 2.05) is 11.4 Å². The molecule has 1 saturated heterocycles. The summed E-state index contributed by atoms with van der Waals surface area (Å²) in [6.45, 7) is 2.46. The molecule has 2 rings (SSSR count). The number of rotatable bonds is 1. The summed E-state index contributed by atoms with van der Waals surface area (Å²) < 4.78 is 5.35. The van der Waals surface area contributed by atoms with E-state index < -0.39 is 0 Å². The average molecular weight is 240 g/mol. The van der Waals surface area contributed by atoms with Gasteiger partial charge in [0.15, 0.2) is 0 Å². The maximum absolute atomic E-state index is 5.99. The van der Waals surface area contributed by atoms with Crippen LogP contribution in [0.25, 0.3) is 0 Å². The van der Waals surface area contributed by atoms with E-state index in [0.29, 0.717) is 6.04 Å². The van der Waals surface area contributed by atoms with Crippen molar-refractivity contribution in [2.45, 2.75) is 6.04 Å². The van der Waals surface area contributed by atoms with Crippen LogP contribution in [0.5, 0.6) is 0 Å². The molecule has 0 aromatic carbocycles. The zero-order chi connectivity index (χ0) is 8.39. The molecule has 1 aromatic heterocycles. The van der Waals surface area contributed by atoms with Crippen molar-refractivity contribution in [3.63, 3.8) is 0 Å². The molecule has 0 aliphatic carbocycles. The van der Waals surface area contributed by atoms with Crippen molar-refractivity contribution in [1.82, 2.24) is 5.32 Å². The molecule has 0 unspecified atom stereocenters. The summed E-state index contributed by atoms with van der Waals surface area (Å²) >= 11 is 7.67. The minimum absolute atomic E-state index is 0. The van der Waals surface area contributed by atoms with E-state index >= 15 is 0 Å².